The molecule has 1 aliphatic rings. The van der Waals surface area contributed by atoms with Gasteiger partial charge in [-0.25, -0.2) is 13.1 Å². The van der Waals surface area contributed by atoms with Crippen LogP contribution in [0, 0.1) is 13.8 Å². The summed E-state index contributed by atoms with van der Waals surface area (Å²) in [6, 6.07) is 0.271. The van der Waals surface area contributed by atoms with Crippen molar-refractivity contribution in [3.8, 4) is 11.5 Å². The first-order valence-electron chi connectivity index (χ1n) is 10.5. The van der Waals surface area contributed by atoms with E-state index in [9.17, 15) is 13.2 Å². The number of hydrogen-bond acceptors (Lipinski definition) is 8. The van der Waals surface area contributed by atoms with Crippen LogP contribution in [0.1, 0.15) is 33.3 Å². The van der Waals surface area contributed by atoms with Crippen molar-refractivity contribution in [1.29, 1.82) is 0 Å². The van der Waals surface area contributed by atoms with Gasteiger partial charge in [0.2, 0.25) is 6.79 Å². The quantitative estimate of drug-likeness (QED) is 0.555. The van der Waals surface area contributed by atoms with Crippen LogP contribution in [0.15, 0.2) is 32.9 Å². The lowest BCUT2D eigenvalue weighted by Crippen LogP contribution is -2.16. The summed E-state index contributed by atoms with van der Waals surface area (Å²) in [5, 5.41) is 4.89. The molecule has 0 amide bonds. The second-order valence-electron chi connectivity index (χ2n) is 5.90. The number of nitrogens with one attached hydrogen (secondary N) is 1. The number of hydrogen-bond donors (Lipinski definition) is 1. The van der Waals surface area contributed by atoms with Gasteiger partial charge in [-0.1, -0.05) is 16.8 Å². The van der Waals surface area contributed by atoms with Gasteiger partial charge in [0.05, 0.1) is 7.62 Å². The van der Waals surface area contributed by atoms with Crippen molar-refractivity contribution in [1.82, 2.24) is 5.16 Å². The van der Waals surface area contributed by atoms with E-state index in [1.165, 1.54) is 18.4 Å². The van der Waals surface area contributed by atoms with Crippen molar-refractivity contribution in [3.05, 3.63) is 50.3 Å². The molecule has 1 N–H and O–H groups in total. The molecule has 3 heterocycles. The first-order valence-corrected chi connectivity index (χ1v) is 10.7. The number of carbonyl (C=O) groups excluding carboxylic acids is 1. The largest absolute Gasteiger partial charge is 0.454 e. The van der Waals surface area contributed by atoms with Crippen LogP contribution in [-0.2, 0) is 16.4 Å². The molecular weight excluding hydrogens is 440 g/mol. The maximum atomic E-state index is 13.2. The number of aromatic nitrogens is 1. The molecule has 0 unspecified atom stereocenters. The minimum Gasteiger partial charge on any atom is -0.454 e. The number of ketones is 1. The molecule has 3 aromatic rings. The predicted molar refractivity (Wildman–Crippen MR) is 107 cm³/mol. The molecule has 0 atom stereocenters. The summed E-state index contributed by atoms with van der Waals surface area (Å²) in [4.78, 5) is 12.6. The van der Waals surface area contributed by atoms with E-state index in [0.29, 0.717) is 0 Å². The van der Waals surface area contributed by atoms with Crippen LogP contribution >= 0.6 is 22.9 Å². The summed E-state index contributed by atoms with van der Waals surface area (Å²) in [6.45, 7) is -1.63. The Bertz CT molecular complexity index is 1420. The van der Waals surface area contributed by atoms with Crippen LogP contribution in [0.25, 0.3) is 0 Å². The molecule has 0 saturated heterocycles. The predicted octanol–water partition coefficient (Wildman–Crippen LogP) is 3.96. The fourth-order valence-electron chi connectivity index (χ4n) is 2.54. The third-order valence-corrected chi connectivity index (χ3v) is 6.85. The summed E-state index contributed by atoms with van der Waals surface area (Å²) in [5.74, 6) is -1.42. The second-order valence-corrected chi connectivity index (χ2v) is 8.84. The minimum absolute atomic E-state index is 0.0452. The van der Waals surface area contributed by atoms with Crippen molar-refractivity contribution in [2.24, 2.45) is 0 Å². The van der Waals surface area contributed by atoms with E-state index in [1.54, 1.807) is 0 Å². The van der Waals surface area contributed by atoms with Gasteiger partial charge in [-0.05, 0) is 48.4 Å². The summed E-state index contributed by atoms with van der Waals surface area (Å²) >= 11 is 6.78. The SMILES string of the molecule is [2H]c1c(CC(=O)c2sccc2S(=O)(=O)Nc2onc(C)c2Cl)c(C([2H])([2H])[2H])c([2H])c2c1OCO2. The van der Waals surface area contributed by atoms with E-state index in [2.05, 4.69) is 9.88 Å². The molecule has 0 bridgehead atoms. The van der Waals surface area contributed by atoms with E-state index in [-0.39, 0.29) is 50.2 Å². The number of rotatable bonds is 6. The van der Waals surface area contributed by atoms with Gasteiger partial charge in [0.15, 0.2) is 17.3 Å². The van der Waals surface area contributed by atoms with Crippen molar-refractivity contribution in [2.75, 3.05) is 11.5 Å². The Balaban J connectivity index is 1.73. The molecule has 2 aromatic heterocycles. The molecule has 8 nitrogen and oxygen atoms in total. The highest BCUT2D eigenvalue weighted by Crippen LogP contribution is 2.36. The third kappa shape index (κ3) is 3.70. The summed E-state index contributed by atoms with van der Waals surface area (Å²) in [6.07, 6.45) is -0.652. The van der Waals surface area contributed by atoms with Gasteiger partial charge in [-0.2, -0.15) is 0 Å². The molecule has 152 valence electrons. The summed E-state index contributed by atoms with van der Waals surface area (Å²) in [5.41, 5.74) is -0.536. The Morgan fingerprint density at radius 2 is 2.17 bits per heavy atom. The van der Waals surface area contributed by atoms with Gasteiger partial charge in [-0.3, -0.25) is 4.79 Å². The lowest BCUT2D eigenvalue weighted by molar-refractivity contribution is 0.0994. The topological polar surface area (TPSA) is 108 Å². The molecular formula is C18H15ClN2O6S2. The number of ether oxygens (including phenoxy) is 2. The molecule has 1 aromatic carbocycles. The average molecular weight is 460 g/mol. The highest BCUT2D eigenvalue weighted by Gasteiger charge is 2.27. The van der Waals surface area contributed by atoms with E-state index >= 15 is 0 Å². The summed E-state index contributed by atoms with van der Waals surface area (Å²) < 4.78 is 83.2. The van der Waals surface area contributed by atoms with Gasteiger partial charge >= 0.3 is 0 Å². The monoisotopic (exact) mass is 459 g/mol. The maximum absolute atomic E-state index is 13.2. The van der Waals surface area contributed by atoms with Gasteiger partial charge < -0.3 is 14.0 Å². The molecule has 1 aliphatic heterocycles. The smallest absolute Gasteiger partial charge is 0.265 e. The van der Waals surface area contributed by atoms with Crippen LogP contribution < -0.4 is 14.2 Å². The number of sulfonamides is 1. The maximum Gasteiger partial charge on any atom is 0.265 e. The normalized spacial score (nSPS) is 15.9. The first kappa shape index (κ1) is 14.4. The lowest BCUT2D eigenvalue weighted by Gasteiger charge is -2.09. The van der Waals surface area contributed by atoms with Crippen LogP contribution in [0.2, 0.25) is 5.02 Å². The molecule has 4 rings (SSSR count). The Morgan fingerprint density at radius 3 is 2.86 bits per heavy atom. The van der Waals surface area contributed by atoms with Crippen molar-refractivity contribution >= 4 is 44.6 Å². The Morgan fingerprint density at radius 1 is 1.41 bits per heavy atom. The standard InChI is InChI=1S/C18H15ClN2O6S2/c1-9-5-13-14(26-8-25-13)7-11(9)6-12(22)17-15(3-4-28-17)29(23,24)21-18-16(19)10(2)20-27-18/h3-5,7,21H,6,8H2,1-2H3/i1D3,5D,7D. The van der Waals surface area contributed by atoms with Crippen molar-refractivity contribution in [2.45, 2.75) is 25.1 Å². The Hall–Kier alpha value is -2.56. The van der Waals surface area contributed by atoms with Crippen molar-refractivity contribution in [3.63, 3.8) is 0 Å². The molecule has 0 radical (unpaired) electrons. The van der Waals surface area contributed by atoms with E-state index in [1.807, 2.05) is 0 Å². The number of nitrogens with zero attached hydrogens (tertiary/aromatic N) is 1. The first-order chi connectivity index (χ1) is 15.8. The van der Waals surface area contributed by atoms with Crippen LogP contribution in [0.3, 0.4) is 0 Å². The summed E-state index contributed by atoms with van der Waals surface area (Å²) in [7, 11) is -4.33. The van der Waals surface area contributed by atoms with Gasteiger partial charge in [-0.15, -0.1) is 11.3 Å². The molecule has 11 heteroatoms. The van der Waals surface area contributed by atoms with Gasteiger partial charge in [0, 0.05) is 10.5 Å². The number of Topliss-reactive ketones (excluding diaryl/α,β-unsaturated/α-hetero) is 1. The number of halogens is 1. The van der Waals surface area contributed by atoms with Crippen LogP contribution in [0.5, 0.6) is 11.5 Å². The number of benzene rings is 1. The van der Waals surface area contributed by atoms with Gasteiger partial charge in [0.25, 0.3) is 15.9 Å². The molecule has 0 fully saturated rings. The van der Waals surface area contributed by atoms with Crippen LogP contribution in [-0.4, -0.2) is 26.2 Å². The molecule has 0 aliphatic carbocycles. The highest BCUT2D eigenvalue weighted by atomic mass is 35.5. The van der Waals surface area contributed by atoms with Crippen molar-refractivity contribution < 1.29 is 34.1 Å². The Kier molecular flexibility index (Phi) is 3.66. The zero-order chi connectivity index (χ0) is 25.0. The fraction of sp³-hybridized carbons (Fsp3) is 0.222. The second kappa shape index (κ2) is 7.36. The Labute approximate surface area is 182 Å². The fourth-order valence-corrected chi connectivity index (χ4v) is 5.10. The van der Waals surface area contributed by atoms with Gasteiger partial charge in [0.1, 0.15) is 15.6 Å². The van der Waals surface area contributed by atoms with E-state index < -0.39 is 46.7 Å². The molecule has 0 saturated carbocycles. The van der Waals surface area contributed by atoms with Crippen LogP contribution in [0.4, 0.5) is 5.88 Å². The molecule has 29 heavy (non-hydrogen) atoms. The number of anilines is 1. The highest BCUT2D eigenvalue weighted by molar-refractivity contribution is 7.93. The zero-order valence-electron chi connectivity index (χ0n) is 19.7. The average Bonchev–Trinajstić information content (AvgIpc) is 3.48. The van der Waals surface area contributed by atoms with E-state index in [4.69, 9.17) is 32.5 Å². The number of aryl methyl sites for hydroxylation is 1. The lowest BCUT2D eigenvalue weighted by atomic mass is 10.0. The number of fused-ring (bicyclic) bond motifs is 1. The zero-order valence-corrected chi connectivity index (χ0v) is 17.0. The van der Waals surface area contributed by atoms with E-state index in [0.717, 1.165) is 11.3 Å². The number of thiophene rings is 1. The third-order valence-electron chi connectivity index (χ3n) is 3.94. The minimum atomic E-state index is -4.33. The molecule has 0 spiro atoms. The number of carbonyl (C=O) groups is 1.